The molecule has 6 aromatic rings. The van der Waals surface area contributed by atoms with Crippen molar-refractivity contribution >= 4 is 21.9 Å². The molecule has 0 bridgehead atoms. The first-order valence-corrected chi connectivity index (χ1v) is 14.2. The molecule has 4 aromatic carbocycles. The van der Waals surface area contributed by atoms with Crippen LogP contribution in [0.4, 0.5) is 0 Å². The van der Waals surface area contributed by atoms with Crippen LogP contribution in [0.2, 0.25) is 0 Å². The van der Waals surface area contributed by atoms with Crippen molar-refractivity contribution < 1.29 is 58.4 Å². The van der Waals surface area contributed by atoms with Gasteiger partial charge in [0.25, 0.3) is 0 Å². The minimum Gasteiger partial charge on any atom is -0.508 e. The van der Waals surface area contributed by atoms with Gasteiger partial charge in [-0.1, -0.05) is 0 Å². The van der Waals surface area contributed by atoms with Gasteiger partial charge in [0.1, 0.15) is 39.2 Å². The highest BCUT2D eigenvalue weighted by Crippen LogP contribution is 2.39. The van der Waals surface area contributed by atoms with Crippen molar-refractivity contribution in [3.63, 3.8) is 0 Å². The van der Waals surface area contributed by atoms with E-state index in [1.54, 1.807) is 30.3 Å². The highest BCUT2D eigenvalue weighted by Gasteiger charge is 2.22. The molecule has 0 atom stereocenters. The molecule has 0 unspecified atom stereocenters. The SMILES string of the molecule is COc1ccc(-c2oc3cc(CO)cc(OC)c3c(=O)c2OC)cc1OC.O=c1c(O)c(-c2ccc(O)c(O)c2)oc2cc(O)cc(O)c12. The summed E-state index contributed by atoms with van der Waals surface area (Å²) in [5.74, 6) is -1.08. The molecular formula is C35H30O14. The lowest BCUT2D eigenvalue weighted by atomic mass is 10.1. The summed E-state index contributed by atoms with van der Waals surface area (Å²) in [7, 11) is 5.91. The molecule has 14 nitrogen and oxygen atoms in total. The summed E-state index contributed by atoms with van der Waals surface area (Å²) in [6, 6.07) is 14.0. The summed E-state index contributed by atoms with van der Waals surface area (Å²) < 4.78 is 32.6. The molecule has 0 aliphatic carbocycles. The number of rotatable bonds is 7. The summed E-state index contributed by atoms with van der Waals surface area (Å²) in [6.45, 7) is -0.215. The number of hydrogen-bond donors (Lipinski definition) is 6. The molecule has 0 saturated carbocycles. The standard InChI is InChI=1S/C20H20O7.C15H10O7/c1-23-13-6-5-12(9-14(13)24-2)19-20(26-4)18(22)17-15(25-3)7-11(10-21)8-16(17)27-19;16-7-4-10(19)12-11(5-7)22-15(14(21)13(12)20)6-1-2-8(17)9(18)3-6/h5-9,21H,10H2,1-4H3;1-5,16-19,21H. The van der Waals surface area contributed by atoms with E-state index in [-0.39, 0.29) is 68.3 Å². The molecule has 0 radical (unpaired) electrons. The van der Waals surface area contributed by atoms with Crippen LogP contribution < -0.4 is 29.8 Å². The zero-order valence-electron chi connectivity index (χ0n) is 26.4. The summed E-state index contributed by atoms with van der Waals surface area (Å²) >= 11 is 0. The number of methoxy groups -OCH3 is 4. The van der Waals surface area contributed by atoms with Crippen LogP contribution in [0.25, 0.3) is 44.6 Å². The van der Waals surface area contributed by atoms with E-state index in [1.807, 2.05) is 0 Å². The Kier molecular flexibility index (Phi) is 9.43. The average Bonchev–Trinajstić information content (AvgIpc) is 3.09. The number of phenols is 4. The lowest BCUT2D eigenvalue weighted by Gasteiger charge is -2.13. The predicted molar refractivity (Wildman–Crippen MR) is 176 cm³/mol. The number of hydrogen-bond acceptors (Lipinski definition) is 14. The van der Waals surface area contributed by atoms with Crippen molar-refractivity contribution in [1.82, 2.24) is 0 Å². The lowest BCUT2D eigenvalue weighted by molar-refractivity contribution is 0.281. The first-order chi connectivity index (χ1) is 23.4. The number of phenolic OH excluding ortho intramolecular Hbond substituents is 4. The molecule has 14 heteroatoms. The maximum atomic E-state index is 13.0. The van der Waals surface area contributed by atoms with Gasteiger partial charge in [0, 0.05) is 23.3 Å². The minimum absolute atomic E-state index is 0.0461. The van der Waals surface area contributed by atoms with Crippen molar-refractivity contribution in [1.29, 1.82) is 0 Å². The smallest absolute Gasteiger partial charge is 0.239 e. The Hall–Kier alpha value is -6.54. The van der Waals surface area contributed by atoms with Gasteiger partial charge >= 0.3 is 0 Å². The van der Waals surface area contributed by atoms with Crippen molar-refractivity contribution in [2.24, 2.45) is 0 Å². The zero-order valence-corrected chi connectivity index (χ0v) is 26.4. The molecule has 0 fully saturated rings. The molecular weight excluding hydrogens is 644 g/mol. The third kappa shape index (κ3) is 6.27. The molecule has 49 heavy (non-hydrogen) atoms. The maximum Gasteiger partial charge on any atom is 0.239 e. The van der Waals surface area contributed by atoms with Crippen LogP contribution in [0.15, 0.2) is 79.1 Å². The number of aliphatic hydroxyl groups excluding tert-OH is 1. The Balaban J connectivity index is 0.000000195. The van der Waals surface area contributed by atoms with Crippen LogP contribution in [0, 0.1) is 0 Å². The first kappa shape index (κ1) is 33.8. The van der Waals surface area contributed by atoms with E-state index in [4.69, 9.17) is 27.8 Å². The second-order valence-corrected chi connectivity index (χ2v) is 10.3. The number of benzene rings is 4. The van der Waals surface area contributed by atoms with E-state index in [2.05, 4.69) is 0 Å². The van der Waals surface area contributed by atoms with E-state index >= 15 is 0 Å². The van der Waals surface area contributed by atoms with Crippen LogP contribution >= 0.6 is 0 Å². The van der Waals surface area contributed by atoms with Crippen molar-refractivity contribution in [3.05, 3.63) is 86.7 Å². The minimum atomic E-state index is -0.888. The zero-order chi connectivity index (χ0) is 35.6. The van der Waals surface area contributed by atoms with E-state index in [0.717, 1.165) is 24.3 Å². The summed E-state index contributed by atoms with van der Waals surface area (Å²) in [4.78, 5) is 25.2. The van der Waals surface area contributed by atoms with E-state index in [9.17, 15) is 40.2 Å². The summed E-state index contributed by atoms with van der Waals surface area (Å²) in [6.07, 6.45) is 0. The Labute approximate surface area is 276 Å². The molecule has 2 aromatic heterocycles. The number of fused-ring (bicyclic) bond motifs is 2. The third-order valence-corrected chi connectivity index (χ3v) is 7.40. The predicted octanol–water partition coefficient (Wildman–Crippen LogP) is 4.97. The second-order valence-electron chi connectivity index (χ2n) is 10.3. The largest absolute Gasteiger partial charge is 0.508 e. The fraction of sp³-hybridized carbons (Fsp3) is 0.143. The average molecular weight is 675 g/mol. The van der Waals surface area contributed by atoms with Crippen LogP contribution in [0.5, 0.6) is 51.7 Å². The van der Waals surface area contributed by atoms with Crippen molar-refractivity contribution in [2.75, 3.05) is 28.4 Å². The molecule has 6 rings (SSSR count). The Morgan fingerprint density at radius 1 is 0.571 bits per heavy atom. The van der Waals surface area contributed by atoms with E-state index in [0.29, 0.717) is 28.4 Å². The van der Waals surface area contributed by atoms with E-state index in [1.165, 1.54) is 34.5 Å². The monoisotopic (exact) mass is 674 g/mol. The van der Waals surface area contributed by atoms with Crippen LogP contribution in [-0.4, -0.2) is 59.1 Å². The molecule has 0 aliphatic heterocycles. The van der Waals surface area contributed by atoms with Crippen LogP contribution in [0.1, 0.15) is 5.56 Å². The third-order valence-electron chi connectivity index (χ3n) is 7.40. The molecule has 0 spiro atoms. The maximum absolute atomic E-state index is 13.0. The molecule has 0 aliphatic rings. The van der Waals surface area contributed by atoms with Gasteiger partial charge in [0.05, 0.1) is 35.0 Å². The van der Waals surface area contributed by atoms with Gasteiger partial charge in [-0.15, -0.1) is 0 Å². The fourth-order valence-electron chi connectivity index (χ4n) is 5.06. The quantitative estimate of drug-likeness (QED) is 0.123. The lowest BCUT2D eigenvalue weighted by Crippen LogP contribution is -2.09. The highest BCUT2D eigenvalue weighted by atomic mass is 16.5. The number of ether oxygens (including phenoxy) is 4. The first-order valence-electron chi connectivity index (χ1n) is 14.2. The molecule has 254 valence electrons. The molecule has 2 heterocycles. The molecule has 0 amide bonds. The number of aliphatic hydroxyl groups is 1. The van der Waals surface area contributed by atoms with Gasteiger partial charge < -0.3 is 58.4 Å². The summed E-state index contributed by atoms with van der Waals surface area (Å²) in [5.41, 5.74) is 0.167. The van der Waals surface area contributed by atoms with Gasteiger partial charge in [-0.25, -0.2) is 0 Å². The topological polar surface area (TPSA) is 219 Å². The Morgan fingerprint density at radius 2 is 1.20 bits per heavy atom. The normalized spacial score (nSPS) is 10.8. The summed E-state index contributed by atoms with van der Waals surface area (Å²) in [5, 5.41) is 57.3. The van der Waals surface area contributed by atoms with Crippen LogP contribution in [-0.2, 0) is 6.61 Å². The Bertz CT molecular complexity index is 2320. The van der Waals surface area contributed by atoms with Gasteiger partial charge in [-0.3, -0.25) is 9.59 Å². The fourth-order valence-corrected chi connectivity index (χ4v) is 5.06. The van der Waals surface area contributed by atoms with E-state index < -0.39 is 22.7 Å². The Morgan fingerprint density at radius 3 is 1.84 bits per heavy atom. The van der Waals surface area contributed by atoms with Crippen molar-refractivity contribution in [2.45, 2.75) is 6.61 Å². The molecule has 0 saturated heterocycles. The second kappa shape index (κ2) is 13.7. The highest BCUT2D eigenvalue weighted by molar-refractivity contribution is 5.89. The van der Waals surface area contributed by atoms with Gasteiger partial charge in [-0.2, -0.15) is 0 Å². The van der Waals surface area contributed by atoms with Gasteiger partial charge in [0.2, 0.25) is 22.4 Å². The van der Waals surface area contributed by atoms with Gasteiger partial charge in [0.15, 0.2) is 34.5 Å². The number of aromatic hydroxyl groups is 5. The molecule has 6 N–H and O–H groups in total. The van der Waals surface area contributed by atoms with Gasteiger partial charge in [-0.05, 0) is 54.1 Å². The van der Waals surface area contributed by atoms with Crippen molar-refractivity contribution in [3.8, 4) is 74.4 Å². The van der Waals surface area contributed by atoms with Crippen LogP contribution in [0.3, 0.4) is 0 Å².